The average molecular weight is 198 g/mol. The molecule has 0 unspecified atom stereocenters. The largest absolute Gasteiger partial charge is 0.338 e. The van der Waals surface area contributed by atoms with E-state index in [1.807, 2.05) is 18.7 Å². The molecule has 2 rings (SSSR count). The van der Waals surface area contributed by atoms with Crippen molar-refractivity contribution in [1.82, 2.24) is 10.1 Å². The number of aromatic nitrogens is 2. The predicted molar refractivity (Wildman–Crippen MR) is 52.7 cm³/mol. The molecule has 1 fully saturated rings. The second kappa shape index (κ2) is 3.33. The summed E-state index contributed by atoms with van der Waals surface area (Å²) in [6.07, 6.45) is 6.62. The molecule has 1 aliphatic rings. The van der Waals surface area contributed by atoms with Gasteiger partial charge in [-0.05, 0) is 25.5 Å². The average Bonchev–Trinajstić information content (AvgIpc) is 2.52. The van der Waals surface area contributed by atoms with Crippen LogP contribution in [-0.2, 0) is 11.2 Å². The van der Waals surface area contributed by atoms with E-state index in [9.17, 15) is 0 Å². The molecular formula is C9H14N2OS. The second-order valence-electron chi connectivity index (χ2n) is 3.42. The van der Waals surface area contributed by atoms with E-state index in [1.165, 1.54) is 19.3 Å². The standard InChI is InChI=1S/C9H14N2OS/c1-3-7-10-8(12-11-7)9(13-2)5-4-6-9/h3-6H2,1-2H3. The molecule has 1 aromatic rings. The lowest BCUT2D eigenvalue weighted by molar-refractivity contribution is 0.264. The van der Waals surface area contributed by atoms with Gasteiger partial charge in [-0.1, -0.05) is 12.1 Å². The lowest BCUT2D eigenvalue weighted by Gasteiger charge is -2.36. The van der Waals surface area contributed by atoms with Crippen molar-refractivity contribution < 1.29 is 4.52 Å². The van der Waals surface area contributed by atoms with Crippen LogP contribution in [0.25, 0.3) is 0 Å². The molecule has 1 heterocycles. The Morgan fingerprint density at radius 2 is 2.31 bits per heavy atom. The summed E-state index contributed by atoms with van der Waals surface area (Å²) in [4.78, 5) is 4.40. The Morgan fingerprint density at radius 1 is 1.54 bits per heavy atom. The Morgan fingerprint density at radius 3 is 2.69 bits per heavy atom. The third-order valence-corrected chi connectivity index (χ3v) is 4.09. The lowest BCUT2D eigenvalue weighted by atomic mass is 9.84. The molecule has 1 aliphatic carbocycles. The van der Waals surface area contributed by atoms with Crippen molar-refractivity contribution in [2.75, 3.05) is 6.26 Å². The number of rotatable bonds is 3. The minimum absolute atomic E-state index is 0.153. The summed E-state index contributed by atoms with van der Waals surface area (Å²) in [6.45, 7) is 2.04. The van der Waals surface area contributed by atoms with Crippen LogP contribution < -0.4 is 0 Å². The second-order valence-corrected chi connectivity index (χ2v) is 4.61. The molecule has 0 atom stereocenters. The van der Waals surface area contributed by atoms with Gasteiger partial charge >= 0.3 is 0 Å². The summed E-state index contributed by atoms with van der Waals surface area (Å²) >= 11 is 1.84. The van der Waals surface area contributed by atoms with Crippen LogP contribution in [0.15, 0.2) is 4.52 Å². The third kappa shape index (κ3) is 1.37. The normalized spacial score (nSPS) is 19.8. The van der Waals surface area contributed by atoms with E-state index in [0.29, 0.717) is 0 Å². The minimum atomic E-state index is 0.153. The topological polar surface area (TPSA) is 38.9 Å². The molecule has 0 amide bonds. The fourth-order valence-electron chi connectivity index (χ4n) is 1.59. The van der Waals surface area contributed by atoms with Gasteiger partial charge in [0.15, 0.2) is 5.82 Å². The fourth-order valence-corrected chi connectivity index (χ4v) is 2.54. The van der Waals surface area contributed by atoms with Crippen LogP contribution in [0.2, 0.25) is 0 Å². The maximum Gasteiger partial charge on any atom is 0.242 e. The van der Waals surface area contributed by atoms with Crippen LogP contribution in [0.3, 0.4) is 0 Å². The van der Waals surface area contributed by atoms with Crippen LogP contribution in [0, 0.1) is 0 Å². The summed E-state index contributed by atoms with van der Waals surface area (Å²) in [7, 11) is 0. The van der Waals surface area contributed by atoms with Gasteiger partial charge in [-0.3, -0.25) is 0 Å². The van der Waals surface area contributed by atoms with Gasteiger partial charge in [0.05, 0.1) is 4.75 Å². The van der Waals surface area contributed by atoms with Gasteiger partial charge in [-0.25, -0.2) is 0 Å². The van der Waals surface area contributed by atoms with Crippen molar-refractivity contribution >= 4 is 11.8 Å². The molecule has 13 heavy (non-hydrogen) atoms. The van der Waals surface area contributed by atoms with Crippen LogP contribution in [-0.4, -0.2) is 16.4 Å². The summed E-state index contributed by atoms with van der Waals surface area (Å²) in [6, 6.07) is 0. The van der Waals surface area contributed by atoms with Crippen molar-refractivity contribution in [3.05, 3.63) is 11.7 Å². The van der Waals surface area contributed by atoms with Gasteiger partial charge in [-0.15, -0.1) is 11.8 Å². The highest BCUT2D eigenvalue weighted by atomic mass is 32.2. The van der Waals surface area contributed by atoms with E-state index in [-0.39, 0.29) is 4.75 Å². The highest BCUT2D eigenvalue weighted by Gasteiger charge is 2.43. The Kier molecular flexibility index (Phi) is 2.32. The number of nitrogens with zero attached hydrogens (tertiary/aromatic N) is 2. The lowest BCUT2D eigenvalue weighted by Crippen LogP contribution is -2.30. The van der Waals surface area contributed by atoms with E-state index in [2.05, 4.69) is 16.4 Å². The van der Waals surface area contributed by atoms with E-state index in [1.54, 1.807) is 0 Å². The number of aryl methyl sites for hydroxylation is 1. The quantitative estimate of drug-likeness (QED) is 0.747. The highest BCUT2D eigenvalue weighted by Crippen LogP contribution is 2.50. The van der Waals surface area contributed by atoms with Crippen LogP contribution in [0.4, 0.5) is 0 Å². The van der Waals surface area contributed by atoms with Gasteiger partial charge in [0.2, 0.25) is 5.89 Å². The maximum absolute atomic E-state index is 5.27. The smallest absolute Gasteiger partial charge is 0.242 e. The molecular weight excluding hydrogens is 184 g/mol. The number of hydrogen-bond acceptors (Lipinski definition) is 4. The van der Waals surface area contributed by atoms with Gasteiger partial charge < -0.3 is 4.52 Å². The summed E-state index contributed by atoms with van der Waals surface area (Å²) in [5.74, 6) is 1.67. The Labute approximate surface area is 82.3 Å². The molecule has 0 radical (unpaired) electrons. The predicted octanol–water partition coefficient (Wildman–Crippen LogP) is 2.37. The SMILES string of the molecule is CCc1noc(C2(SC)CCC2)n1. The molecule has 0 bridgehead atoms. The molecule has 4 heteroatoms. The number of thioether (sulfide) groups is 1. The first-order valence-corrected chi connectivity index (χ1v) is 5.91. The Hall–Kier alpha value is -0.510. The summed E-state index contributed by atoms with van der Waals surface area (Å²) in [5, 5.41) is 3.93. The monoisotopic (exact) mass is 198 g/mol. The first-order chi connectivity index (χ1) is 6.30. The van der Waals surface area contributed by atoms with Crippen LogP contribution in [0.5, 0.6) is 0 Å². The molecule has 72 valence electrons. The van der Waals surface area contributed by atoms with Gasteiger partial charge in [0.25, 0.3) is 0 Å². The van der Waals surface area contributed by atoms with Gasteiger partial charge in [0, 0.05) is 6.42 Å². The van der Waals surface area contributed by atoms with Gasteiger partial charge in [-0.2, -0.15) is 4.98 Å². The van der Waals surface area contributed by atoms with E-state index in [0.717, 1.165) is 18.1 Å². The van der Waals surface area contributed by atoms with Crippen LogP contribution >= 0.6 is 11.8 Å². The zero-order valence-corrected chi connectivity index (χ0v) is 8.86. The van der Waals surface area contributed by atoms with Crippen molar-refractivity contribution in [3.8, 4) is 0 Å². The Bertz CT molecular complexity index is 288. The van der Waals surface area contributed by atoms with Crippen LogP contribution in [0.1, 0.15) is 37.9 Å². The number of hydrogen-bond donors (Lipinski definition) is 0. The first-order valence-electron chi connectivity index (χ1n) is 4.69. The highest BCUT2D eigenvalue weighted by molar-refractivity contribution is 7.99. The molecule has 1 aromatic heterocycles. The van der Waals surface area contributed by atoms with Crippen molar-refractivity contribution in [2.24, 2.45) is 0 Å². The van der Waals surface area contributed by atoms with E-state index >= 15 is 0 Å². The van der Waals surface area contributed by atoms with Gasteiger partial charge in [0.1, 0.15) is 0 Å². The van der Waals surface area contributed by atoms with Crippen molar-refractivity contribution in [2.45, 2.75) is 37.4 Å². The summed E-state index contributed by atoms with van der Waals surface area (Å²) in [5.41, 5.74) is 0. The zero-order chi connectivity index (χ0) is 9.31. The molecule has 0 N–H and O–H groups in total. The molecule has 0 spiro atoms. The molecule has 1 saturated carbocycles. The Balaban J connectivity index is 2.23. The zero-order valence-electron chi connectivity index (χ0n) is 8.04. The molecule has 0 aliphatic heterocycles. The van der Waals surface area contributed by atoms with Crippen molar-refractivity contribution in [1.29, 1.82) is 0 Å². The molecule has 3 nitrogen and oxygen atoms in total. The summed E-state index contributed by atoms with van der Waals surface area (Å²) < 4.78 is 5.42. The molecule has 0 saturated heterocycles. The van der Waals surface area contributed by atoms with E-state index in [4.69, 9.17) is 4.52 Å². The van der Waals surface area contributed by atoms with E-state index < -0.39 is 0 Å². The van der Waals surface area contributed by atoms with Crippen molar-refractivity contribution in [3.63, 3.8) is 0 Å². The molecule has 0 aromatic carbocycles. The third-order valence-electron chi connectivity index (χ3n) is 2.73. The maximum atomic E-state index is 5.27. The first kappa shape index (κ1) is 9.06. The fraction of sp³-hybridized carbons (Fsp3) is 0.778. The minimum Gasteiger partial charge on any atom is -0.338 e.